The van der Waals surface area contributed by atoms with Crippen LogP contribution in [0.1, 0.15) is 10.4 Å². The number of rotatable bonds is 8. The largest absolute Gasteiger partial charge is 0.456 e. The number of hydrogen-bond acceptors (Lipinski definition) is 4. The van der Waals surface area contributed by atoms with Gasteiger partial charge in [0.25, 0.3) is 0 Å². The van der Waals surface area contributed by atoms with E-state index in [2.05, 4.69) is 9.47 Å². The molecule has 0 radical (unpaired) electrons. The van der Waals surface area contributed by atoms with E-state index in [1.807, 2.05) is 60.7 Å². The molecule has 3 rings (SSSR count). The summed E-state index contributed by atoms with van der Waals surface area (Å²) < 4.78 is 70.4. The first-order chi connectivity index (χ1) is 16.1. The summed E-state index contributed by atoms with van der Waals surface area (Å²) in [7, 11) is -0.455. The molecule has 10 heteroatoms. The molecule has 0 saturated carbocycles. The lowest BCUT2D eigenvalue weighted by molar-refractivity contribution is -0.294. The zero-order valence-corrected chi connectivity index (χ0v) is 18.2. The fourth-order valence-corrected chi connectivity index (χ4v) is 4.83. The van der Waals surface area contributed by atoms with E-state index in [0.717, 1.165) is 14.7 Å². The molecule has 0 unspecified atom stereocenters. The Balaban J connectivity index is 1.65. The van der Waals surface area contributed by atoms with Gasteiger partial charge in [0.15, 0.2) is 27.9 Å². The molecule has 34 heavy (non-hydrogen) atoms. The van der Waals surface area contributed by atoms with E-state index in [4.69, 9.17) is 0 Å². The van der Waals surface area contributed by atoms with E-state index in [1.54, 1.807) is 12.1 Å². The molecular weight excluding hydrogens is 479 g/mol. The number of halogens is 5. The zero-order valence-electron chi connectivity index (χ0n) is 17.4. The van der Waals surface area contributed by atoms with E-state index in [1.165, 1.54) is 12.1 Å². The van der Waals surface area contributed by atoms with Gasteiger partial charge in [0.1, 0.15) is 0 Å². The summed E-state index contributed by atoms with van der Waals surface area (Å²) in [5.41, 5.74) is 0.0712. The van der Waals surface area contributed by atoms with Gasteiger partial charge in [0, 0.05) is 0 Å². The molecule has 0 N–H and O–H groups in total. The highest BCUT2D eigenvalue weighted by Gasteiger charge is 2.58. The SMILES string of the molecule is O=C(COC(=O)c1ccc([S+](c2ccccc2)c2ccccc2)cc1)OCC(F)(F)C(F)(F)F. The second kappa shape index (κ2) is 10.7. The van der Waals surface area contributed by atoms with Crippen molar-refractivity contribution in [3.63, 3.8) is 0 Å². The lowest BCUT2D eigenvalue weighted by Gasteiger charge is -2.18. The number of alkyl halides is 5. The first-order valence-electron chi connectivity index (χ1n) is 9.80. The van der Waals surface area contributed by atoms with Crippen LogP contribution >= 0.6 is 0 Å². The predicted molar refractivity (Wildman–Crippen MR) is 114 cm³/mol. The number of esters is 2. The second-order valence-electron chi connectivity index (χ2n) is 6.90. The molecule has 0 aromatic heterocycles. The van der Waals surface area contributed by atoms with Gasteiger partial charge in [-0.05, 0) is 48.5 Å². The van der Waals surface area contributed by atoms with Gasteiger partial charge < -0.3 is 9.47 Å². The zero-order chi connectivity index (χ0) is 24.8. The van der Waals surface area contributed by atoms with Crippen LogP contribution in [0.3, 0.4) is 0 Å². The highest BCUT2D eigenvalue weighted by Crippen LogP contribution is 2.35. The third-order valence-corrected chi connectivity index (χ3v) is 6.66. The van der Waals surface area contributed by atoms with Crippen molar-refractivity contribution in [1.82, 2.24) is 0 Å². The smallest absolute Gasteiger partial charge is 0.456 e. The summed E-state index contributed by atoms with van der Waals surface area (Å²) in [6.07, 6.45) is -5.86. The Labute approximate surface area is 194 Å². The van der Waals surface area contributed by atoms with Crippen LogP contribution in [-0.2, 0) is 25.2 Å². The van der Waals surface area contributed by atoms with Crippen LogP contribution in [-0.4, -0.2) is 37.3 Å². The molecule has 3 aromatic carbocycles. The van der Waals surface area contributed by atoms with Gasteiger partial charge in [0.05, 0.1) is 16.5 Å². The Bertz CT molecular complexity index is 1060. The lowest BCUT2D eigenvalue weighted by Crippen LogP contribution is -2.41. The Hall–Kier alpha value is -3.40. The number of carbonyl (C=O) groups excluding carboxylic acids is 2. The molecule has 0 spiro atoms. The number of carbonyl (C=O) groups is 2. The van der Waals surface area contributed by atoms with Crippen molar-refractivity contribution in [2.24, 2.45) is 0 Å². The summed E-state index contributed by atoms with van der Waals surface area (Å²) in [6.45, 7) is -3.30. The third-order valence-electron chi connectivity index (χ3n) is 4.43. The second-order valence-corrected chi connectivity index (χ2v) is 8.92. The molecular formula is C24H18F5O4S+. The molecule has 178 valence electrons. The maximum atomic E-state index is 12.8. The minimum absolute atomic E-state index is 0.0712. The molecule has 0 saturated heterocycles. The first-order valence-corrected chi connectivity index (χ1v) is 11.0. The van der Waals surface area contributed by atoms with Crippen molar-refractivity contribution in [2.45, 2.75) is 26.8 Å². The Morgan fingerprint density at radius 3 is 1.62 bits per heavy atom. The van der Waals surface area contributed by atoms with Crippen LogP contribution in [0.2, 0.25) is 0 Å². The average Bonchev–Trinajstić information content (AvgIpc) is 2.82. The lowest BCUT2D eigenvalue weighted by atomic mass is 10.2. The Morgan fingerprint density at radius 1 is 0.676 bits per heavy atom. The number of ether oxygens (including phenoxy) is 2. The van der Waals surface area contributed by atoms with Gasteiger partial charge in [-0.2, -0.15) is 22.0 Å². The highest BCUT2D eigenvalue weighted by molar-refractivity contribution is 7.97. The van der Waals surface area contributed by atoms with Crippen LogP contribution in [0.15, 0.2) is 99.6 Å². The highest BCUT2D eigenvalue weighted by atomic mass is 32.2. The topological polar surface area (TPSA) is 52.6 Å². The standard InChI is InChI=1S/C24H18F5O4S/c25-23(26,24(27,28)29)16-33-21(30)15-32-22(31)17-11-13-20(14-12-17)34(18-7-3-1-4-8-18)19-9-5-2-6-10-19/h1-14H,15-16H2/q+1. The van der Waals surface area contributed by atoms with Crippen molar-refractivity contribution in [3.8, 4) is 0 Å². The van der Waals surface area contributed by atoms with Crippen molar-refractivity contribution >= 4 is 22.8 Å². The van der Waals surface area contributed by atoms with Gasteiger partial charge in [-0.25, -0.2) is 9.59 Å². The Kier molecular flexibility index (Phi) is 7.93. The minimum atomic E-state index is -5.86. The molecule has 0 fully saturated rings. The molecule has 0 bridgehead atoms. The quantitative estimate of drug-likeness (QED) is 0.228. The van der Waals surface area contributed by atoms with Crippen molar-refractivity contribution in [2.75, 3.05) is 13.2 Å². The number of benzene rings is 3. The van der Waals surface area contributed by atoms with E-state index < -0.39 is 48.1 Å². The van der Waals surface area contributed by atoms with Crippen molar-refractivity contribution < 1.29 is 41.0 Å². The van der Waals surface area contributed by atoms with Crippen LogP contribution < -0.4 is 0 Å². The predicted octanol–water partition coefficient (Wildman–Crippen LogP) is 5.68. The van der Waals surface area contributed by atoms with Crippen molar-refractivity contribution in [3.05, 3.63) is 90.5 Å². The van der Waals surface area contributed by atoms with Crippen LogP contribution in [0.25, 0.3) is 0 Å². The van der Waals surface area contributed by atoms with Gasteiger partial charge in [-0.1, -0.05) is 36.4 Å². The fourth-order valence-electron chi connectivity index (χ4n) is 2.75. The normalized spacial score (nSPS) is 11.8. The van der Waals surface area contributed by atoms with Gasteiger partial charge in [0.2, 0.25) is 0 Å². The maximum absolute atomic E-state index is 12.8. The summed E-state index contributed by atoms with van der Waals surface area (Å²) in [6, 6.07) is 25.9. The molecule has 0 amide bonds. The molecule has 4 nitrogen and oxygen atoms in total. The molecule has 3 aromatic rings. The molecule has 0 aliphatic heterocycles. The molecule has 0 atom stereocenters. The fraction of sp³-hybridized carbons (Fsp3) is 0.167. The molecule has 0 heterocycles. The third kappa shape index (κ3) is 6.34. The van der Waals surface area contributed by atoms with Crippen LogP contribution in [0.5, 0.6) is 0 Å². The van der Waals surface area contributed by atoms with Crippen LogP contribution in [0.4, 0.5) is 22.0 Å². The Morgan fingerprint density at radius 2 is 1.15 bits per heavy atom. The van der Waals surface area contributed by atoms with E-state index in [-0.39, 0.29) is 5.56 Å². The van der Waals surface area contributed by atoms with E-state index in [9.17, 15) is 31.5 Å². The van der Waals surface area contributed by atoms with Crippen LogP contribution in [0, 0.1) is 0 Å². The van der Waals surface area contributed by atoms with E-state index >= 15 is 0 Å². The van der Waals surface area contributed by atoms with E-state index in [0.29, 0.717) is 0 Å². The van der Waals surface area contributed by atoms with Gasteiger partial charge >= 0.3 is 24.0 Å². The van der Waals surface area contributed by atoms with Gasteiger partial charge in [-0.15, -0.1) is 0 Å². The average molecular weight is 497 g/mol. The summed E-state index contributed by atoms with van der Waals surface area (Å²) in [4.78, 5) is 26.6. The molecule has 0 aliphatic carbocycles. The summed E-state index contributed by atoms with van der Waals surface area (Å²) >= 11 is 0. The minimum Gasteiger partial charge on any atom is -0.456 e. The first kappa shape index (κ1) is 25.2. The monoisotopic (exact) mass is 497 g/mol. The molecule has 0 aliphatic rings. The summed E-state index contributed by atoms with van der Waals surface area (Å²) in [5, 5.41) is 0. The van der Waals surface area contributed by atoms with Gasteiger partial charge in [-0.3, -0.25) is 0 Å². The van der Waals surface area contributed by atoms with Crippen molar-refractivity contribution in [1.29, 1.82) is 0 Å². The number of hydrogen-bond donors (Lipinski definition) is 0. The summed E-state index contributed by atoms with van der Waals surface area (Å²) in [5.74, 6) is -7.67. The maximum Gasteiger partial charge on any atom is 0.456 e.